The van der Waals surface area contributed by atoms with E-state index in [1.54, 1.807) is 18.6 Å². The summed E-state index contributed by atoms with van der Waals surface area (Å²) < 4.78 is 26.6. The van der Waals surface area contributed by atoms with Crippen LogP contribution in [0.2, 0.25) is 0 Å². The van der Waals surface area contributed by atoms with Crippen molar-refractivity contribution in [2.24, 2.45) is 0 Å². The molecule has 8 nitrogen and oxygen atoms in total. The molecule has 0 radical (unpaired) electrons. The summed E-state index contributed by atoms with van der Waals surface area (Å²) in [7, 11) is 0. The molecule has 3 aromatic heterocycles. The van der Waals surface area contributed by atoms with Crippen LogP contribution in [0.25, 0.3) is 16.6 Å². The number of likely N-dealkylation sites (tertiary alicyclic amines) is 1. The van der Waals surface area contributed by atoms with Gasteiger partial charge in [-0.25, -0.2) is 13.8 Å². The Bertz CT molecular complexity index is 1220. The van der Waals surface area contributed by atoms with Crippen molar-refractivity contribution in [2.75, 3.05) is 31.5 Å². The van der Waals surface area contributed by atoms with Crippen molar-refractivity contribution in [3.8, 4) is 0 Å². The first-order chi connectivity index (χ1) is 17.3. The number of aromatic nitrogens is 4. The van der Waals surface area contributed by atoms with Crippen molar-refractivity contribution in [1.29, 1.82) is 5.41 Å². The molecule has 0 unspecified atom stereocenters. The molecule has 190 valence electrons. The molecule has 10 heteroatoms. The van der Waals surface area contributed by atoms with E-state index in [-0.39, 0.29) is 12.8 Å². The maximum atomic E-state index is 13.3. The third-order valence-corrected chi connectivity index (χ3v) is 6.27. The van der Waals surface area contributed by atoms with Gasteiger partial charge in [-0.2, -0.15) is 5.10 Å². The van der Waals surface area contributed by atoms with Crippen LogP contribution in [0.1, 0.15) is 50.2 Å². The fourth-order valence-electron chi connectivity index (χ4n) is 4.02. The van der Waals surface area contributed by atoms with Crippen LogP contribution in [0.3, 0.4) is 0 Å². The maximum Gasteiger partial charge on any atom is 0.250 e. The lowest BCUT2D eigenvalue weighted by molar-refractivity contribution is -0.0550. The molecule has 0 spiro atoms. The standard InChI is InChI=1S/C26H32F2N8/c1-18(2)19-13-25(35-32-17-19)34-24-5-4-22-23(33-24)12-20(16-31-22)21(14-29)15-30-8-3-9-36-10-6-26(27,28)7-11-36/h4-5,12-18,29-30H,3,6-11H2,1-2H3,(H,33,34,35)/b21-15+,29-14?. The number of hydrogen-bond acceptors (Lipinski definition) is 8. The van der Waals surface area contributed by atoms with Gasteiger partial charge < -0.3 is 20.9 Å². The number of nitrogens with one attached hydrogen (secondary N) is 3. The number of hydrogen-bond donors (Lipinski definition) is 3. The molecule has 0 bridgehead atoms. The fraction of sp³-hybridized carbons (Fsp3) is 0.423. The normalized spacial score (nSPS) is 16.3. The van der Waals surface area contributed by atoms with Gasteiger partial charge in [-0.3, -0.25) is 4.98 Å². The predicted molar refractivity (Wildman–Crippen MR) is 139 cm³/mol. The number of piperidine rings is 1. The first kappa shape index (κ1) is 25.6. The molecule has 1 aliphatic rings. The molecule has 0 atom stereocenters. The zero-order valence-electron chi connectivity index (χ0n) is 20.6. The minimum atomic E-state index is -2.51. The zero-order valence-corrected chi connectivity index (χ0v) is 20.6. The van der Waals surface area contributed by atoms with Crippen LogP contribution in [0.4, 0.5) is 20.4 Å². The van der Waals surface area contributed by atoms with Crippen molar-refractivity contribution < 1.29 is 8.78 Å². The Morgan fingerprint density at radius 1 is 1.14 bits per heavy atom. The summed E-state index contributed by atoms with van der Waals surface area (Å²) in [4.78, 5) is 11.2. The van der Waals surface area contributed by atoms with E-state index in [9.17, 15) is 8.78 Å². The smallest absolute Gasteiger partial charge is 0.250 e. The van der Waals surface area contributed by atoms with E-state index in [2.05, 4.69) is 49.5 Å². The lowest BCUT2D eigenvalue weighted by Crippen LogP contribution is -2.40. The largest absolute Gasteiger partial charge is 0.390 e. The molecule has 1 aliphatic heterocycles. The highest BCUT2D eigenvalue weighted by molar-refractivity contribution is 6.08. The van der Waals surface area contributed by atoms with Crippen molar-refractivity contribution in [3.05, 3.63) is 54.0 Å². The molecule has 3 N–H and O–H groups in total. The molecule has 1 saturated heterocycles. The second kappa shape index (κ2) is 11.5. The van der Waals surface area contributed by atoms with Gasteiger partial charge in [0.15, 0.2) is 5.82 Å². The SMILES string of the molecule is CC(C)c1cnnc(Nc2ccc3ncc(/C(C=N)=C/NCCCN4CCC(F)(F)CC4)cc3n2)c1. The van der Waals surface area contributed by atoms with Gasteiger partial charge in [0.05, 0.1) is 17.2 Å². The number of pyridine rings is 2. The highest BCUT2D eigenvalue weighted by Gasteiger charge is 2.33. The van der Waals surface area contributed by atoms with E-state index < -0.39 is 5.92 Å². The van der Waals surface area contributed by atoms with Gasteiger partial charge in [-0.05, 0) is 48.7 Å². The second-order valence-corrected chi connectivity index (χ2v) is 9.36. The topological polar surface area (TPSA) is 103 Å². The van der Waals surface area contributed by atoms with Crippen molar-refractivity contribution >= 4 is 34.5 Å². The number of rotatable bonds is 10. The van der Waals surface area contributed by atoms with E-state index in [0.29, 0.717) is 48.3 Å². The number of anilines is 2. The molecule has 1 fully saturated rings. The predicted octanol–water partition coefficient (Wildman–Crippen LogP) is 4.99. The molecule has 4 rings (SSSR count). The summed E-state index contributed by atoms with van der Waals surface area (Å²) in [6.45, 7) is 6.55. The van der Waals surface area contributed by atoms with Crippen LogP contribution in [-0.2, 0) is 0 Å². The van der Waals surface area contributed by atoms with Gasteiger partial charge in [-0.15, -0.1) is 5.10 Å². The lowest BCUT2D eigenvalue weighted by Gasteiger charge is -2.31. The molecular weight excluding hydrogens is 462 g/mol. The summed E-state index contributed by atoms with van der Waals surface area (Å²) in [6, 6.07) is 7.59. The Balaban J connectivity index is 1.37. The van der Waals surface area contributed by atoms with Gasteiger partial charge in [-0.1, -0.05) is 13.8 Å². The summed E-state index contributed by atoms with van der Waals surface area (Å²) in [6.07, 6.45) is 7.26. The number of alkyl halides is 2. The van der Waals surface area contributed by atoms with Crippen LogP contribution in [0.15, 0.2) is 42.9 Å². The average molecular weight is 495 g/mol. The summed E-state index contributed by atoms with van der Waals surface area (Å²) in [5, 5.41) is 22.5. The van der Waals surface area contributed by atoms with Crippen LogP contribution in [0.5, 0.6) is 0 Å². The molecule has 0 saturated carbocycles. The Hall–Kier alpha value is -3.53. The highest BCUT2D eigenvalue weighted by atomic mass is 19.3. The Morgan fingerprint density at radius 2 is 1.94 bits per heavy atom. The first-order valence-electron chi connectivity index (χ1n) is 12.2. The van der Waals surface area contributed by atoms with E-state index in [4.69, 9.17) is 5.41 Å². The molecule has 36 heavy (non-hydrogen) atoms. The van der Waals surface area contributed by atoms with Gasteiger partial charge in [0.25, 0.3) is 5.92 Å². The fourth-order valence-corrected chi connectivity index (χ4v) is 4.02. The van der Waals surface area contributed by atoms with Crippen molar-refractivity contribution in [3.63, 3.8) is 0 Å². The third kappa shape index (κ3) is 6.78. The van der Waals surface area contributed by atoms with Crippen LogP contribution < -0.4 is 10.6 Å². The van der Waals surface area contributed by atoms with Crippen LogP contribution in [0, 0.1) is 5.41 Å². The Kier molecular flexibility index (Phi) is 8.14. The molecule has 0 amide bonds. The number of halogens is 2. The molecule has 0 aliphatic carbocycles. The third-order valence-electron chi connectivity index (χ3n) is 6.27. The number of fused-ring (bicyclic) bond motifs is 1. The minimum Gasteiger partial charge on any atom is -0.390 e. The summed E-state index contributed by atoms with van der Waals surface area (Å²) in [5.74, 6) is -0.913. The maximum absolute atomic E-state index is 13.3. The van der Waals surface area contributed by atoms with Gasteiger partial charge in [0.1, 0.15) is 5.82 Å². The van der Waals surface area contributed by atoms with Gasteiger partial charge in [0, 0.05) is 62.2 Å². The molecule has 0 aromatic carbocycles. The van der Waals surface area contributed by atoms with Crippen LogP contribution in [-0.4, -0.2) is 63.4 Å². The van der Waals surface area contributed by atoms with Gasteiger partial charge in [0.2, 0.25) is 0 Å². The van der Waals surface area contributed by atoms with Crippen molar-refractivity contribution in [1.82, 2.24) is 30.4 Å². The zero-order chi connectivity index (χ0) is 25.5. The lowest BCUT2D eigenvalue weighted by atomic mass is 10.1. The van der Waals surface area contributed by atoms with Gasteiger partial charge >= 0.3 is 0 Å². The van der Waals surface area contributed by atoms with Crippen molar-refractivity contribution in [2.45, 2.75) is 45.0 Å². The molecule has 4 heterocycles. The second-order valence-electron chi connectivity index (χ2n) is 9.36. The monoisotopic (exact) mass is 494 g/mol. The number of allylic oxidation sites excluding steroid dienone is 1. The van der Waals surface area contributed by atoms with E-state index in [0.717, 1.165) is 29.6 Å². The highest BCUT2D eigenvalue weighted by Crippen LogP contribution is 2.27. The quantitative estimate of drug-likeness (QED) is 0.270. The molecular formula is C26H32F2N8. The Labute approximate surface area is 209 Å². The number of nitrogens with zero attached hydrogens (tertiary/aromatic N) is 5. The first-order valence-corrected chi connectivity index (χ1v) is 12.2. The Morgan fingerprint density at radius 3 is 2.69 bits per heavy atom. The average Bonchev–Trinajstić information content (AvgIpc) is 2.87. The summed E-state index contributed by atoms with van der Waals surface area (Å²) in [5.41, 5.74) is 3.98. The van der Waals surface area contributed by atoms with E-state index in [1.807, 2.05) is 24.3 Å². The van der Waals surface area contributed by atoms with Crippen LogP contribution >= 0.6 is 0 Å². The van der Waals surface area contributed by atoms with E-state index >= 15 is 0 Å². The summed E-state index contributed by atoms with van der Waals surface area (Å²) >= 11 is 0. The molecule has 3 aromatic rings. The minimum absolute atomic E-state index is 0.0593. The van der Waals surface area contributed by atoms with E-state index in [1.165, 1.54) is 6.21 Å².